The van der Waals surface area contributed by atoms with Crippen molar-refractivity contribution in [3.8, 4) is 0 Å². The highest BCUT2D eigenvalue weighted by Crippen LogP contribution is 2.19. The lowest BCUT2D eigenvalue weighted by molar-refractivity contribution is -0.124. The molecule has 1 aliphatic rings. The molecule has 0 bridgehead atoms. The smallest absolute Gasteiger partial charge is 0.222 e. The fraction of sp³-hybridized carbons (Fsp3) is 0.938. The molecular weight excluding hydrogens is 476 g/mol. The summed E-state index contributed by atoms with van der Waals surface area (Å²) in [6, 6.07) is 0.483. The summed E-state index contributed by atoms with van der Waals surface area (Å²) in [6.07, 6.45) is 25.5. The van der Waals surface area contributed by atoms with Crippen LogP contribution >= 0.6 is 0 Å². The van der Waals surface area contributed by atoms with Crippen LogP contribution in [0.5, 0.6) is 0 Å². The van der Waals surface area contributed by atoms with Crippen molar-refractivity contribution in [2.45, 2.75) is 167 Å². The van der Waals surface area contributed by atoms with E-state index in [1.807, 2.05) is 0 Å². The van der Waals surface area contributed by atoms with E-state index < -0.39 is 0 Å². The van der Waals surface area contributed by atoms with Crippen molar-refractivity contribution in [3.63, 3.8) is 0 Å². The highest BCUT2D eigenvalue weighted by Gasteiger charge is 2.23. The molecule has 1 fully saturated rings. The van der Waals surface area contributed by atoms with E-state index >= 15 is 0 Å². The van der Waals surface area contributed by atoms with Crippen molar-refractivity contribution in [2.75, 3.05) is 26.4 Å². The van der Waals surface area contributed by atoms with Crippen molar-refractivity contribution in [2.24, 2.45) is 0 Å². The van der Waals surface area contributed by atoms with Crippen LogP contribution in [0.1, 0.15) is 155 Å². The molecule has 2 N–H and O–H groups in total. The van der Waals surface area contributed by atoms with Crippen LogP contribution in [0.3, 0.4) is 0 Å². The molecular formula is C32H62N2O4. The lowest BCUT2D eigenvalue weighted by Crippen LogP contribution is -2.43. The van der Waals surface area contributed by atoms with Crippen molar-refractivity contribution < 1.29 is 19.1 Å². The van der Waals surface area contributed by atoms with Gasteiger partial charge in [-0.15, -0.1) is 0 Å². The van der Waals surface area contributed by atoms with Crippen LogP contribution < -0.4 is 10.6 Å². The Morgan fingerprint density at radius 3 is 1.39 bits per heavy atom. The van der Waals surface area contributed by atoms with E-state index in [0.717, 1.165) is 45.1 Å². The van der Waals surface area contributed by atoms with Crippen LogP contribution in [0, 0.1) is 0 Å². The first-order valence-corrected chi connectivity index (χ1v) is 16.4. The second-order valence-electron chi connectivity index (χ2n) is 11.4. The minimum atomic E-state index is 0.0590. The summed E-state index contributed by atoms with van der Waals surface area (Å²) in [5.74, 6) is 0.260. The molecule has 0 heterocycles. The van der Waals surface area contributed by atoms with Gasteiger partial charge in [-0.3, -0.25) is 9.59 Å². The summed E-state index contributed by atoms with van der Waals surface area (Å²) in [5, 5.41) is 6.36. The number of unbranched alkanes of at least 4 members (excludes halogenated alkanes) is 14. The third-order valence-electron chi connectivity index (χ3n) is 7.70. The van der Waals surface area contributed by atoms with E-state index in [-0.39, 0.29) is 23.9 Å². The summed E-state index contributed by atoms with van der Waals surface area (Å²) >= 11 is 0. The normalized spacial score (nSPS) is 17.4. The minimum absolute atomic E-state index is 0.0590. The topological polar surface area (TPSA) is 76.7 Å². The van der Waals surface area contributed by atoms with Gasteiger partial charge in [0.15, 0.2) is 0 Å². The molecule has 1 aliphatic carbocycles. The van der Waals surface area contributed by atoms with Crippen LogP contribution in [-0.2, 0) is 19.1 Å². The van der Waals surface area contributed by atoms with Crippen molar-refractivity contribution >= 4 is 11.8 Å². The monoisotopic (exact) mass is 538 g/mol. The lowest BCUT2D eigenvalue weighted by Gasteiger charge is -2.29. The Bertz CT molecular complexity index is 550. The Kier molecular flexibility index (Phi) is 24.0. The molecule has 0 unspecified atom stereocenters. The predicted molar refractivity (Wildman–Crippen MR) is 158 cm³/mol. The van der Waals surface area contributed by atoms with Crippen molar-refractivity contribution in [3.05, 3.63) is 0 Å². The van der Waals surface area contributed by atoms with E-state index in [9.17, 15) is 9.59 Å². The van der Waals surface area contributed by atoms with Crippen LogP contribution in [-0.4, -0.2) is 50.3 Å². The van der Waals surface area contributed by atoms with Gasteiger partial charge in [-0.2, -0.15) is 0 Å². The van der Waals surface area contributed by atoms with Gasteiger partial charge in [0, 0.05) is 31.5 Å². The zero-order valence-electron chi connectivity index (χ0n) is 25.2. The molecule has 0 aromatic rings. The Labute approximate surface area is 235 Å². The van der Waals surface area contributed by atoms with Gasteiger partial charge in [0.1, 0.15) is 0 Å². The molecule has 0 saturated heterocycles. The molecule has 0 radical (unpaired) electrons. The van der Waals surface area contributed by atoms with E-state index in [0.29, 0.717) is 32.7 Å². The number of carbonyl (C=O) groups is 2. The maximum absolute atomic E-state index is 12.3. The lowest BCUT2D eigenvalue weighted by atomic mass is 9.91. The number of ether oxygens (including phenoxy) is 2. The summed E-state index contributed by atoms with van der Waals surface area (Å²) in [5.41, 5.74) is 0. The second kappa shape index (κ2) is 26.1. The molecule has 0 aromatic carbocycles. The van der Waals surface area contributed by atoms with Gasteiger partial charge < -0.3 is 20.1 Å². The van der Waals surface area contributed by atoms with Crippen molar-refractivity contribution in [1.29, 1.82) is 0 Å². The van der Waals surface area contributed by atoms with Gasteiger partial charge >= 0.3 is 0 Å². The van der Waals surface area contributed by atoms with E-state index in [1.165, 1.54) is 89.9 Å². The number of hydrogen-bond donors (Lipinski definition) is 2. The van der Waals surface area contributed by atoms with E-state index in [1.54, 1.807) is 0 Å². The zero-order valence-corrected chi connectivity index (χ0v) is 25.2. The first-order valence-electron chi connectivity index (χ1n) is 16.4. The van der Waals surface area contributed by atoms with Gasteiger partial charge in [-0.1, -0.05) is 104 Å². The summed E-state index contributed by atoms with van der Waals surface area (Å²) in [7, 11) is 0. The average Bonchev–Trinajstić information content (AvgIpc) is 2.91. The standard InChI is InChI=1S/C32H62N2O4/c1-3-5-7-8-9-10-11-12-13-14-15-16-17-19-31(35)33-29-20-22-30(23-21-29)34-32(36)24-26-38-28-27-37-25-18-6-4-2/h29-30H,3-28H2,1-2H3,(H,33,35)(H,34,36). The van der Waals surface area contributed by atoms with E-state index in [4.69, 9.17) is 9.47 Å². The minimum Gasteiger partial charge on any atom is -0.379 e. The Hall–Kier alpha value is -1.14. The molecule has 0 spiro atoms. The Morgan fingerprint density at radius 1 is 0.500 bits per heavy atom. The summed E-state index contributed by atoms with van der Waals surface area (Å²) in [6.45, 7) is 6.83. The molecule has 2 amide bonds. The van der Waals surface area contributed by atoms with Crippen LogP contribution in [0.4, 0.5) is 0 Å². The van der Waals surface area contributed by atoms with Crippen LogP contribution in [0.25, 0.3) is 0 Å². The number of carbonyl (C=O) groups excluding carboxylic acids is 2. The SMILES string of the molecule is CCCCCCCCCCCCCCCC(=O)NC1CCC(NC(=O)CCOCCOCCCCC)CC1. The number of rotatable bonds is 26. The first-order chi connectivity index (χ1) is 18.7. The summed E-state index contributed by atoms with van der Waals surface area (Å²) in [4.78, 5) is 24.5. The molecule has 0 aromatic heterocycles. The maximum atomic E-state index is 12.3. The van der Waals surface area contributed by atoms with Gasteiger partial charge in [0.2, 0.25) is 11.8 Å². The van der Waals surface area contributed by atoms with E-state index in [2.05, 4.69) is 24.5 Å². The molecule has 1 saturated carbocycles. The molecule has 6 nitrogen and oxygen atoms in total. The Balaban J connectivity index is 1.89. The first kappa shape index (κ1) is 34.9. The number of hydrogen-bond acceptors (Lipinski definition) is 4. The molecule has 224 valence electrons. The largest absolute Gasteiger partial charge is 0.379 e. The molecule has 38 heavy (non-hydrogen) atoms. The van der Waals surface area contributed by atoms with Gasteiger partial charge in [-0.05, 0) is 38.5 Å². The average molecular weight is 539 g/mol. The molecule has 6 heteroatoms. The van der Waals surface area contributed by atoms with Crippen LogP contribution in [0.2, 0.25) is 0 Å². The van der Waals surface area contributed by atoms with Gasteiger partial charge in [-0.25, -0.2) is 0 Å². The predicted octanol–water partition coefficient (Wildman–Crippen LogP) is 7.62. The Morgan fingerprint density at radius 2 is 0.895 bits per heavy atom. The highest BCUT2D eigenvalue weighted by molar-refractivity contribution is 5.76. The third kappa shape index (κ3) is 21.8. The zero-order chi connectivity index (χ0) is 27.5. The fourth-order valence-corrected chi connectivity index (χ4v) is 5.23. The number of nitrogens with one attached hydrogen (secondary N) is 2. The quantitative estimate of drug-likeness (QED) is 0.111. The molecule has 0 aliphatic heterocycles. The van der Waals surface area contributed by atoms with Gasteiger partial charge in [0.05, 0.1) is 19.8 Å². The van der Waals surface area contributed by atoms with Crippen molar-refractivity contribution in [1.82, 2.24) is 10.6 Å². The van der Waals surface area contributed by atoms with Crippen LogP contribution in [0.15, 0.2) is 0 Å². The highest BCUT2D eigenvalue weighted by atomic mass is 16.5. The molecule has 0 atom stereocenters. The fourth-order valence-electron chi connectivity index (χ4n) is 5.23. The third-order valence-corrected chi connectivity index (χ3v) is 7.70. The second-order valence-corrected chi connectivity index (χ2v) is 11.4. The maximum Gasteiger partial charge on any atom is 0.222 e. The summed E-state index contributed by atoms with van der Waals surface area (Å²) < 4.78 is 11.0. The molecule has 1 rings (SSSR count). The number of amides is 2. The van der Waals surface area contributed by atoms with Gasteiger partial charge in [0.25, 0.3) is 0 Å².